The molecule has 0 saturated carbocycles. The van der Waals surface area contributed by atoms with Crippen LogP contribution in [-0.2, 0) is 11.0 Å². The van der Waals surface area contributed by atoms with Crippen LogP contribution < -0.4 is 4.74 Å². The maximum Gasteiger partial charge on any atom is 0.416 e. The number of aliphatic carboxylic acids is 1. The van der Waals surface area contributed by atoms with Crippen LogP contribution in [0.4, 0.5) is 13.2 Å². The summed E-state index contributed by atoms with van der Waals surface area (Å²) < 4.78 is 42.7. The molecule has 1 aromatic carbocycles. The molecule has 18 heavy (non-hydrogen) atoms. The summed E-state index contributed by atoms with van der Waals surface area (Å²) in [6.45, 7) is 1.55. The molecule has 0 aliphatic heterocycles. The number of hydrogen-bond acceptors (Lipinski definition) is 2. The van der Waals surface area contributed by atoms with E-state index in [9.17, 15) is 18.0 Å². The number of alkyl halides is 3. The number of benzene rings is 1. The molecule has 0 amide bonds. The Labute approximate surface area is 102 Å². The van der Waals surface area contributed by atoms with Crippen LogP contribution >= 0.6 is 0 Å². The zero-order valence-corrected chi connectivity index (χ0v) is 9.91. The number of carboxylic acids is 1. The lowest BCUT2D eigenvalue weighted by Gasteiger charge is -2.16. The highest BCUT2D eigenvalue weighted by Gasteiger charge is 2.31. The van der Waals surface area contributed by atoms with Crippen LogP contribution in [0.3, 0.4) is 0 Å². The summed E-state index contributed by atoms with van der Waals surface area (Å²) in [5.74, 6) is -1.36. The van der Waals surface area contributed by atoms with Gasteiger partial charge < -0.3 is 9.84 Å². The van der Waals surface area contributed by atoms with Gasteiger partial charge in [0.1, 0.15) is 5.75 Å². The summed E-state index contributed by atoms with van der Waals surface area (Å²) in [4.78, 5) is 10.6. The molecule has 0 aromatic heterocycles. The smallest absolute Gasteiger partial charge is 0.416 e. The average Bonchev–Trinajstić information content (AvgIpc) is 2.26. The average molecular weight is 262 g/mol. The van der Waals surface area contributed by atoms with E-state index in [0.29, 0.717) is 0 Å². The van der Waals surface area contributed by atoms with Gasteiger partial charge in [-0.15, -0.1) is 0 Å². The quantitative estimate of drug-likeness (QED) is 0.905. The van der Waals surface area contributed by atoms with Crippen LogP contribution in [0.2, 0.25) is 0 Å². The predicted molar refractivity (Wildman–Crippen MR) is 58.7 cm³/mol. The number of carboxylic acid groups (broad SMARTS) is 1. The molecule has 6 heteroatoms. The lowest BCUT2D eigenvalue weighted by atomic mass is 9.95. The highest BCUT2D eigenvalue weighted by Crippen LogP contribution is 2.36. The Morgan fingerprint density at radius 2 is 2.06 bits per heavy atom. The van der Waals surface area contributed by atoms with Gasteiger partial charge in [-0.05, 0) is 29.7 Å². The van der Waals surface area contributed by atoms with Crippen molar-refractivity contribution in [2.45, 2.75) is 25.4 Å². The zero-order chi connectivity index (χ0) is 13.9. The molecular weight excluding hydrogens is 249 g/mol. The Morgan fingerprint density at radius 3 is 2.50 bits per heavy atom. The number of carbonyl (C=O) groups is 1. The van der Waals surface area contributed by atoms with E-state index in [1.165, 1.54) is 13.2 Å². The lowest BCUT2D eigenvalue weighted by Crippen LogP contribution is -2.09. The first-order valence-corrected chi connectivity index (χ1v) is 5.22. The number of ether oxygens (including phenoxy) is 1. The highest BCUT2D eigenvalue weighted by atomic mass is 19.4. The monoisotopic (exact) mass is 262 g/mol. The minimum absolute atomic E-state index is 0.245. The van der Waals surface area contributed by atoms with E-state index in [4.69, 9.17) is 9.84 Å². The third kappa shape index (κ3) is 3.38. The molecule has 100 valence electrons. The van der Waals surface area contributed by atoms with Crippen LogP contribution in [-0.4, -0.2) is 18.2 Å². The molecule has 0 spiro atoms. The largest absolute Gasteiger partial charge is 0.496 e. The maximum absolute atomic E-state index is 12.6. The zero-order valence-electron chi connectivity index (χ0n) is 9.91. The number of halogens is 3. The van der Waals surface area contributed by atoms with Crippen LogP contribution in [0.5, 0.6) is 5.75 Å². The molecule has 1 atom stereocenters. The Morgan fingerprint density at radius 1 is 1.44 bits per heavy atom. The Kier molecular flexibility index (Phi) is 4.21. The van der Waals surface area contributed by atoms with E-state index >= 15 is 0 Å². The van der Waals surface area contributed by atoms with Crippen LogP contribution in [0.1, 0.15) is 30.4 Å². The van der Waals surface area contributed by atoms with E-state index in [2.05, 4.69) is 0 Å². The van der Waals surface area contributed by atoms with E-state index in [-0.39, 0.29) is 17.7 Å². The third-order valence-corrected chi connectivity index (χ3v) is 2.57. The Bertz CT molecular complexity index is 441. The molecule has 0 fully saturated rings. The van der Waals surface area contributed by atoms with Gasteiger partial charge in [-0.3, -0.25) is 4.79 Å². The first-order valence-electron chi connectivity index (χ1n) is 5.22. The fourth-order valence-electron chi connectivity index (χ4n) is 1.67. The van der Waals surface area contributed by atoms with Crippen LogP contribution in [0.15, 0.2) is 18.2 Å². The van der Waals surface area contributed by atoms with Gasteiger partial charge in [0.15, 0.2) is 0 Å². The Hall–Kier alpha value is -1.72. The van der Waals surface area contributed by atoms with Crippen LogP contribution in [0, 0.1) is 0 Å². The van der Waals surface area contributed by atoms with Gasteiger partial charge in [0.25, 0.3) is 0 Å². The molecule has 0 aliphatic rings. The number of hydrogen-bond donors (Lipinski definition) is 1. The summed E-state index contributed by atoms with van der Waals surface area (Å²) in [6.07, 6.45) is -4.71. The second kappa shape index (κ2) is 5.29. The van der Waals surface area contributed by atoms with Crippen molar-refractivity contribution in [1.82, 2.24) is 0 Å². The summed E-state index contributed by atoms with van der Waals surface area (Å²) >= 11 is 0. The number of methoxy groups -OCH3 is 1. The van der Waals surface area contributed by atoms with E-state index in [0.717, 1.165) is 12.1 Å². The molecular formula is C12H13F3O3. The van der Waals surface area contributed by atoms with Crippen molar-refractivity contribution in [3.8, 4) is 5.75 Å². The summed E-state index contributed by atoms with van der Waals surface area (Å²) in [6, 6.07) is 3.05. The molecule has 0 aliphatic carbocycles. The van der Waals surface area contributed by atoms with Gasteiger partial charge in [-0.1, -0.05) is 6.92 Å². The SMILES string of the molecule is COc1ccc(C(F)(F)F)cc1C(C)CC(=O)O. The predicted octanol–water partition coefficient (Wildman–Crippen LogP) is 3.29. The molecule has 1 unspecified atom stereocenters. The second-order valence-corrected chi connectivity index (χ2v) is 3.95. The molecule has 3 nitrogen and oxygen atoms in total. The van der Waals surface area contributed by atoms with Gasteiger partial charge in [0.2, 0.25) is 0 Å². The third-order valence-electron chi connectivity index (χ3n) is 2.57. The van der Waals surface area contributed by atoms with Gasteiger partial charge in [-0.2, -0.15) is 13.2 Å². The first kappa shape index (κ1) is 14.3. The molecule has 1 N–H and O–H groups in total. The van der Waals surface area contributed by atoms with Crippen molar-refractivity contribution in [3.63, 3.8) is 0 Å². The lowest BCUT2D eigenvalue weighted by molar-refractivity contribution is -0.138. The highest BCUT2D eigenvalue weighted by molar-refractivity contribution is 5.68. The Balaban J connectivity index is 3.17. The first-order chi connectivity index (χ1) is 8.25. The minimum atomic E-state index is -4.45. The van der Waals surface area contributed by atoms with E-state index in [1.54, 1.807) is 6.92 Å². The summed E-state index contributed by atoms with van der Waals surface area (Å²) in [5, 5.41) is 8.67. The van der Waals surface area contributed by atoms with Gasteiger partial charge in [0, 0.05) is 0 Å². The molecule has 0 heterocycles. The molecule has 1 aromatic rings. The van der Waals surface area contributed by atoms with Gasteiger partial charge >= 0.3 is 12.1 Å². The van der Waals surface area contributed by atoms with E-state index < -0.39 is 23.6 Å². The fraction of sp³-hybridized carbons (Fsp3) is 0.417. The molecule has 0 bridgehead atoms. The summed E-state index contributed by atoms with van der Waals surface area (Å²) in [5.41, 5.74) is -0.565. The minimum Gasteiger partial charge on any atom is -0.496 e. The van der Waals surface area contributed by atoms with Crippen molar-refractivity contribution in [1.29, 1.82) is 0 Å². The van der Waals surface area contributed by atoms with Crippen LogP contribution in [0.25, 0.3) is 0 Å². The topological polar surface area (TPSA) is 46.5 Å². The normalized spacial score (nSPS) is 13.2. The van der Waals surface area contributed by atoms with Gasteiger partial charge in [-0.25, -0.2) is 0 Å². The van der Waals surface area contributed by atoms with Crippen molar-refractivity contribution >= 4 is 5.97 Å². The fourth-order valence-corrected chi connectivity index (χ4v) is 1.67. The maximum atomic E-state index is 12.6. The molecule has 0 saturated heterocycles. The standard InChI is InChI=1S/C12H13F3O3/c1-7(5-11(16)17)9-6-8(12(13,14)15)3-4-10(9)18-2/h3-4,6-7H,5H2,1-2H3,(H,16,17). The van der Waals surface area contributed by atoms with Crippen molar-refractivity contribution in [2.75, 3.05) is 7.11 Å². The van der Waals surface area contributed by atoms with Gasteiger partial charge in [0.05, 0.1) is 19.1 Å². The molecule has 1 rings (SSSR count). The number of rotatable bonds is 4. The van der Waals surface area contributed by atoms with Crippen molar-refractivity contribution in [2.24, 2.45) is 0 Å². The van der Waals surface area contributed by atoms with Crippen molar-refractivity contribution in [3.05, 3.63) is 29.3 Å². The van der Waals surface area contributed by atoms with E-state index in [1.807, 2.05) is 0 Å². The molecule has 0 radical (unpaired) electrons. The second-order valence-electron chi connectivity index (χ2n) is 3.95. The van der Waals surface area contributed by atoms with Crippen molar-refractivity contribution < 1.29 is 27.8 Å². The summed E-state index contributed by atoms with van der Waals surface area (Å²) in [7, 11) is 1.33.